The molecule has 0 radical (unpaired) electrons. The van der Waals surface area contributed by atoms with Crippen molar-refractivity contribution < 1.29 is 14.6 Å². The third-order valence-corrected chi connectivity index (χ3v) is 5.00. The van der Waals surface area contributed by atoms with Gasteiger partial charge in [0.1, 0.15) is 5.75 Å². The number of hydrogen-bond donors (Lipinski definition) is 2. The molecule has 3 rings (SSSR count). The van der Waals surface area contributed by atoms with Gasteiger partial charge in [0.2, 0.25) is 0 Å². The smallest absolute Gasteiger partial charge is 0.251 e. The van der Waals surface area contributed by atoms with Gasteiger partial charge < -0.3 is 15.2 Å². The summed E-state index contributed by atoms with van der Waals surface area (Å²) in [6.07, 6.45) is 2.23. The Hall–Kier alpha value is -2.33. The molecule has 1 saturated carbocycles. The van der Waals surface area contributed by atoms with Gasteiger partial charge in [0, 0.05) is 11.6 Å². The first-order valence-electron chi connectivity index (χ1n) is 8.84. The lowest BCUT2D eigenvalue weighted by Crippen LogP contribution is -2.46. The summed E-state index contributed by atoms with van der Waals surface area (Å²) in [5, 5.41) is 12.6. The van der Waals surface area contributed by atoms with Crippen LogP contribution in [0.5, 0.6) is 5.75 Å². The molecule has 25 heavy (non-hydrogen) atoms. The first-order chi connectivity index (χ1) is 12.1. The van der Waals surface area contributed by atoms with Gasteiger partial charge in [0.05, 0.1) is 13.2 Å². The number of nitrogens with one attached hydrogen (secondary N) is 1. The number of hydrogen-bond acceptors (Lipinski definition) is 3. The summed E-state index contributed by atoms with van der Waals surface area (Å²) in [5.74, 6) is 1.12. The van der Waals surface area contributed by atoms with Crippen LogP contribution in [-0.4, -0.2) is 30.3 Å². The van der Waals surface area contributed by atoms with E-state index in [9.17, 15) is 9.90 Å². The highest BCUT2D eigenvalue weighted by Crippen LogP contribution is 2.31. The summed E-state index contributed by atoms with van der Waals surface area (Å²) >= 11 is 0. The number of rotatable bonds is 6. The molecule has 2 N–H and O–H groups in total. The van der Waals surface area contributed by atoms with Gasteiger partial charge in [-0.1, -0.05) is 31.2 Å². The van der Waals surface area contributed by atoms with Crippen molar-refractivity contribution in [3.05, 3.63) is 54.1 Å². The maximum absolute atomic E-state index is 12.6. The second-order valence-corrected chi connectivity index (χ2v) is 6.69. The third-order valence-electron chi connectivity index (χ3n) is 5.00. The van der Waals surface area contributed by atoms with E-state index in [1.54, 1.807) is 7.11 Å². The normalized spacial score (nSPS) is 20.4. The van der Waals surface area contributed by atoms with Crippen LogP contribution in [0, 0.1) is 5.92 Å². The SMILES string of the molecule is CCC(NC(=O)c1cccc(-c2cccc(OC)c2)c1)C1CC(O)C1. The highest BCUT2D eigenvalue weighted by atomic mass is 16.5. The first-order valence-corrected chi connectivity index (χ1v) is 8.84. The number of aliphatic hydroxyl groups excluding tert-OH is 1. The number of aliphatic hydroxyl groups is 1. The second-order valence-electron chi connectivity index (χ2n) is 6.69. The Bertz CT molecular complexity index is 737. The van der Waals surface area contributed by atoms with Crippen LogP contribution in [0.25, 0.3) is 11.1 Å². The summed E-state index contributed by atoms with van der Waals surface area (Å²) in [4.78, 5) is 12.6. The summed E-state index contributed by atoms with van der Waals surface area (Å²) in [5.41, 5.74) is 2.65. The zero-order valence-corrected chi connectivity index (χ0v) is 14.7. The van der Waals surface area contributed by atoms with Crippen LogP contribution in [0.1, 0.15) is 36.5 Å². The second kappa shape index (κ2) is 7.70. The van der Waals surface area contributed by atoms with E-state index in [0.29, 0.717) is 11.5 Å². The van der Waals surface area contributed by atoms with Gasteiger partial charge in [-0.2, -0.15) is 0 Å². The molecule has 132 valence electrons. The predicted molar refractivity (Wildman–Crippen MR) is 98.7 cm³/mol. The van der Waals surface area contributed by atoms with E-state index in [-0.39, 0.29) is 18.1 Å². The molecular weight excluding hydrogens is 314 g/mol. The fourth-order valence-electron chi connectivity index (χ4n) is 3.41. The molecule has 4 heteroatoms. The molecule has 1 unspecified atom stereocenters. The molecule has 4 nitrogen and oxygen atoms in total. The van der Waals surface area contributed by atoms with Gasteiger partial charge in [-0.05, 0) is 60.6 Å². The molecule has 1 atom stereocenters. The van der Waals surface area contributed by atoms with Crippen LogP contribution >= 0.6 is 0 Å². The zero-order valence-electron chi connectivity index (χ0n) is 14.7. The third kappa shape index (κ3) is 4.02. The molecule has 1 aliphatic carbocycles. The van der Waals surface area contributed by atoms with Crippen molar-refractivity contribution in [3.63, 3.8) is 0 Å². The number of carbonyl (C=O) groups is 1. The number of carbonyl (C=O) groups excluding carboxylic acids is 1. The first kappa shape index (κ1) is 17.5. The van der Waals surface area contributed by atoms with Gasteiger partial charge in [0.25, 0.3) is 5.91 Å². The van der Waals surface area contributed by atoms with E-state index >= 15 is 0 Å². The molecule has 0 bridgehead atoms. The minimum atomic E-state index is -0.202. The number of ether oxygens (including phenoxy) is 1. The van der Waals surface area contributed by atoms with E-state index in [1.807, 2.05) is 48.5 Å². The molecule has 1 amide bonds. The lowest BCUT2D eigenvalue weighted by Gasteiger charge is -2.37. The molecule has 0 aromatic heterocycles. The monoisotopic (exact) mass is 339 g/mol. The van der Waals surface area contributed by atoms with Crippen molar-refractivity contribution in [1.82, 2.24) is 5.32 Å². The zero-order chi connectivity index (χ0) is 17.8. The lowest BCUT2D eigenvalue weighted by atomic mass is 9.76. The maximum Gasteiger partial charge on any atom is 0.251 e. The van der Waals surface area contributed by atoms with E-state index in [4.69, 9.17) is 4.74 Å². The fourth-order valence-corrected chi connectivity index (χ4v) is 3.41. The van der Waals surface area contributed by atoms with Gasteiger partial charge in [0.15, 0.2) is 0 Å². The Balaban J connectivity index is 1.75. The minimum Gasteiger partial charge on any atom is -0.497 e. The molecule has 1 aliphatic rings. The van der Waals surface area contributed by atoms with Crippen LogP contribution in [0.3, 0.4) is 0 Å². The van der Waals surface area contributed by atoms with Gasteiger partial charge in [-0.3, -0.25) is 4.79 Å². The Labute approximate surface area is 148 Å². The van der Waals surface area contributed by atoms with Crippen LogP contribution in [-0.2, 0) is 0 Å². The van der Waals surface area contributed by atoms with E-state index in [1.165, 1.54) is 0 Å². The largest absolute Gasteiger partial charge is 0.497 e. The Morgan fingerprint density at radius 2 is 1.88 bits per heavy atom. The molecule has 0 saturated heterocycles. The Morgan fingerprint density at radius 1 is 1.20 bits per heavy atom. The van der Waals surface area contributed by atoms with E-state index in [0.717, 1.165) is 36.1 Å². The van der Waals surface area contributed by atoms with Crippen LogP contribution in [0.15, 0.2) is 48.5 Å². The quantitative estimate of drug-likeness (QED) is 0.845. The fraction of sp³-hybridized carbons (Fsp3) is 0.381. The summed E-state index contributed by atoms with van der Waals surface area (Å²) in [6, 6.07) is 15.6. The minimum absolute atomic E-state index is 0.0574. The summed E-state index contributed by atoms with van der Waals surface area (Å²) in [6.45, 7) is 2.07. The predicted octanol–water partition coefficient (Wildman–Crippen LogP) is 3.64. The Morgan fingerprint density at radius 3 is 2.52 bits per heavy atom. The molecule has 1 fully saturated rings. The molecule has 2 aromatic carbocycles. The Kier molecular flexibility index (Phi) is 5.39. The molecule has 0 aliphatic heterocycles. The van der Waals surface area contributed by atoms with Gasteiger partial charge in [-0.25, -0.2) is 0 Å². The molecule has 0 spiro atoms. The van der Waals surface area contributed by atoms with Crippen molar-refractivity contribution in [2.75, 3.05) is 7.11 Å². The van der Waals surface area contributed by atoms with E-state index < -0.39 is 0 Å². The van der Waals surface area contributed by atoms with Crippen LogP contribution < -0.4 is 10.1 Å². The van der Waals surface area contributed by atoms with E-state index in [2.05, 4.69) is 12.2 Å². The lowest BCUT2D eigenvalue weighted by molar-refractivity contribution is 0.0232. The molecular formula is C21H25NO3. The number of benzene rings is 2. The standard InChI is InChI=1S/C21H25NO3/c1-3-20(17-11-18(23)12-17)22-21(24)16-8-4-6-14(10-16)15-7-5-9-19(13-15)25-2/h4-10,13,17-18,20,23H,3,11-12H2,1-2H3,(H,22,24). The van der Waals surface area contributed by atoms with Crippen LogP contribution in [0.2, 0.25) is 0 Å². The summed E-state index contributed by atoms with van der Waals surface area (Å²) in [7, 11) is 1.64. The van der Waals surface area contributed by atoms with Crippen molar-refractivity contribution >= 4 is 5.91 Å². The van der Waals surface area contributed by atoms with Gasteiger partial charge in [-0.15, -0.1) is 0 Å². The summed E-state index contributed by atoms with van der Waals surface area (Å²) < 4.78 is 5.28. The van der Waals surface area contributed by atoms with Crippen molar-refractivity contribution in [1.29, 1.82) is 0 Å². The average molecular weight is 339 g/mol. The topological polar surface area (TPSA) is 58.6 Å². The highest BCUT2D eigenvalue weighted by molar-refractivity contribution is 5.95. The molecule has 0 heterocycles. The van der Waals surface area contributed by atoms with Crippen LogP contribution in [0.4, 0.5) is 0 Å². The highest BCUT2D eigenvalue weighted by Gasteiger charge is 2.33. The molecule has 2 aromatic rings. The maximum atomic E-state index is 12.6. The average Bonchev–Trinajstić information content (AvgIpc) is 2.63. The number of methoxy groups -OCH3 is 1. The van der Waals surface area contributed by atoms with Gasteiger partial charge >= 0.3 is 0 Å². The van der Waals surface area contributed by atoms with Crippen molar-refractivity contribution in [2.24, 2.45) is 5.92 Å². The number of amides is 1. The van der Waals surface area contributed by atoms with Crippen molar-refractivity contribution in [3.8, 4) is 16.9 Å². The van der Waals surface area contributed by atoms with Crippen molar-refractivity contribution in [2.45, 2.75) is 38.3 Å².